The molecule has 1 saturated heterocycles. The number of amides is 1. The number of carbonyl (C=O) groups is 1. The molecule has 4 rings (SSSR count). The van der Waals surface area contributed by atoms with Gasteiger partial charge in [-0.2, -0.15) is 0 Å². The van der Waals surface area contributed by atoms with Gasteiger partial charge in [-0.3, -0.25) is 9.97 Å². The Kier molecular flexibility index (Phi) is 7.12. The van der Waals surface area contributed by atoms with Crippen LogP contribution in [-0.4, -0.2) is 28.6 Å². The Morgan fingerprint density at radius 3 is 2.94 bits per heavy atom. The van der Waals surface area contributed by atoms with E-state index in [0.29, 0.717) is 24.9 Å². The summed E-state index contributed by atoms with van der Waals surface area (Å²) in [6.07, 6.45) is 8.15. The van der Waals surface area contributed by atoms with Gasteiger partial charge in [-0.15, -0.1) is 13.1 Å². The quantitative estimate of drug-likeness (QED) is 0.498. The fraction of sp³-hybridized carbons (Fsp3) is 0.346. The summed E-state index contributed by atoms with van der Waals surface area (Å²) in [6.45, 7) is 7.24. The SMILES string of the molecule is C=C[C@H]1C[N-][C@@H]([C@@H](OC(=O)NCc2cccnc2)c2ccnc3ccccc23)C[C@@H]1CC. The van der Waals surface area contributed by atoms with E-state index in [1.54, 1.807) is 18.6 Å². The van der Waals surface area contributed by atoms with E-state index in [9.17, 15) is 4.79 Å². The van der Waals surface area contributed by atoms with Crippen molar-refractivity contribution in [2.24, 2.45) is 11.8 Å². The summed E-state index contributed by atoms with van der Waals surface area (Å²) >= 11 is 0. The second-order valence-electron chi connectivity index (χ2n) is 8.19. The Bertz CT molecular complexity index is 1050. The van der Waals surface area contributed by atoms with Gasteiger partial charge in [0.15, 0.2) is 0 Å². The highest BCUT2D eigenvalue weighted by Gasteiger charge is 2.29. The van der Waals surface area contributed by atoms with Gasteiger partial charge in [-0.1, -0.05) is 56.1 Å². The first-order chi connectivity index (χ1) is 15.7. The van der Waals surface area contributed by atoms with Crippen LogP contribution in [0.5, 0.6) is 0 Å². The van der Waals surface area contributed by atoms with Crippen LogP contribution in [0, 0.1) is 11.8 Å². The van der Waals surface area contributed by atoms with Gasteiger partial charge >= 0.3 is 6.09 Å². The first kappa shape index (κ1) is 22.0. The summed E-state index contributed by atoms with van der Waals surface area (Å²) in [5.41, 5.74) is 2.73. The number of nitrogens with zero attached hydrogens (tertiary/aromatic N) is 3. The van der Waals surface area contributed by atoms with Crippen molar-refractivity contribution >= 4 is 17.0 Å². The van der Waals surface area contributed by atoms with Crippen molar-refractivity contribution in [2.75, 3.05) is 6.54 Å². The number of benzene rings is 1. The molecule has 32 heavy (non-hydrogen) atoms. The van der Waals surface area contributed by atoms with Gasteiger partial charge in [0.05, 0.1) is 5.52 Å². The summed E-state index contributed by atoms with van der Waals surface area (Å²) < 4.78 is 6.05. The zero-order valence-corrected chi connectivity index (χ0v) is 18.4. The van der Waals surface area contributed by atoms with E-state index in [-0.39, 0.29) is 6.04 Å². The summed E-state index contributed by atoms with van der Waals surface area (Å²) in [5, 5.41) is 8.77. The predicted octanol–water partition coefficient (Wildman–Crippen LogP) is 5.57. The smallest absolute Gasteiger partial charge is 0.407 e. The highest BCUT2D eigenvalue weighted by Crippen LogP contribution is 2.40. The van der Waals surface area contributed by atoms with E-state index >= 15 is 0 Å². The molecule has 1 aromatic carbocycles. The minimum atomic E-state index is -0.489. The maximum absolute atomic E-state index is 12.8. The van der Waals surface area contributed by atoms with E-state index in [2.05, 4.69) is 28.8 Å². The van der Waals surface area contributed by atoms with Crippen molar-refractivity contribution in [1.82, 2.24) is 15.3 Å². The van der Waals surface area contributed by atoms with Gasteiger partial charge in [-0.25, -0.2) is 4.79 Å². The van der Waals surface area contributed by atoms with Gasteiger partial charge in [0, 0.05) is 36.1 Å². The maximum atomic E-state index is 12.8. The average molecular weight is 430 g/mol. The molecule has 0 saturated carbocycles. The number of alkyl carbamates (subject to hydrolysis) is 1. The largest absolute Gasteiger partial charge is 0.656 e. The van der Waals surface area contributed by atoms with Crippen molar-refractivity contribution in [3.8, 4) is 0 Å². The highest BCUT2D eigenvalue weighted by molar-refractivity contribution is 5.82. The number of nitrogens with one attached hydrogen (secondary N) is 1. The molecule has 1 aliphatic rings. The maximum Gasteiger partial charge on any atom is 0.407 e. The summed E-state index contributed by atoms with van der Waals surface area (Å²) in [4.78, 5) is 21.4. The number of pyridine rings is 2. The molecule has 2 aromatic heterocycles. The Labute approximate surface area is 189 Å². The third-order valence-electron chi connectivity index (χ3n) is 6.26. The molecule has 0 spiro atoms. The van der Waals surface area contributed by atoms with Crippen LogP contribution in [0.1, 0.15) is 37.0 Å². The Balaban J connectivity index is 1.59. The fourth-order valence-corrected chi connectivity index (χ4v) is 4.47. The molecule has 0 bridgehead atoms. The van der Waals surface area contributed by atoms with Crippen LogP contribution in [0.2, 0.25) is 0 Å². The van der Waals surface area contributed by atoms with Gasteiger partial charge < -0.3 is 15.4 Å². The van der Waals surface area contributed by atoms with Crippen LogP contribution in [0.4, 0.5) is 4.79 Å². The Morgan fingerprint density at radius 1 is 1.28 bits per heavy atom. The first-order valence-corrected chi connectivity index (χ1v) is 11.2. The van der Waals surface area contributed by atoms with Crippen LogP contribution in [0.3, 0.4) is 0 Å². The number of piperidine rings is 1. The van der Waals surface area contributed by atoms with Gasteiger partial charge in [-0.05, 0) is 35.6 Å². The number of fused-ring (bicyclic) bond motifs is 1. The molecule has 3 heterocycles. The van der Waals surface area contributed by atoms with E-state index in [1.165, 1.54) is 0 Å². The van der Waals surface area contributed by atoms with E-state index in [4.69, 9.17) is 10.1 Å². The fourth-order valence-electron chi connectivity index (χ4n) is 4.47. The Hall–Kier alpha value is -3.25. The topological polar surface area (TPSA) is 78.2 Å². The normalized spacial score (nSPS) is 21.6. The zero-order valence-electron chi connectivity index (χ0n) is 18.4. The highest BCUT2D eigenvalue weighted by atomic mass is 16.6. The number of aromatic nitrogens is 2. The van der Waals surface area contributed by atoms with Crippen LogP contribution in [0.25, 0.3) is 16.2 Å². The molecular formula is C26H29N4O2-. The average Bonchev–Trinajstić information content (AvgIpc) is 2.86. The summed E-state index contributed by atoms with van der Waals surface area (Å²) in [6, 6.07) is 13.5. The minimum Gasteiger partial charge on any atom is -0.656 e. The van der Waals surface area contributed by atoms with Crippen LogP contribution in [0.15, 0.2) is 73.7 Å². The van der Waals surface area contributed by atoms with Crippen molar-refractivity contribution < 1.29 is 9.53 Å². The lowest BCUT2D eigenvalue weighted by Gasteiger charge is -2.48. The third-order valence-corrected chi connectivity index (χ3v) is 6.26. The van der Waals surface area contributed by atoms with Crippen LogP contribution < -0.4 is 5.32 Å². The van der Waals surface area contributed by atoms with Gasteiger partial charge in [0.1, 0.15) is 6.10 Å². The third kappa shape index (κ3) is 4.97. The second kappa shape index (κ2) is 10.4. The zero-order chi connectivity index (χ0) is 22.3. The van der Waals surface area contributed by atoms with Crippen molar-refractivity contribution in [2.45, 2.75) is 38.5 Å². The second-order valence-corrected chi connectivity index (χ2v) is 8.19. The van der Waals surface area contributed by atoms with Gasteiger partial charge in [0.2, 0.25) is 0 Å². The lowest BCUT2D eigenvalue weighted by molar-refractivity contribution is 0.0759. The number of hydrogen-bond acceptors (Lipinski definition) is 4. The molecule has 1 aliphatic heterocycles. The number of hydrogen-bond donors (Lipinski definition) is 1. The molecule has 0 radical (unpaired) electrons. The lowest BCUT2D eigenvalue weighted by atomic mass is 9.79. The van der Waals surface area contributed by atoms with Crippen molar-refractivity contribution in [1.29, 1.82) is 0 Å². The molecule has 1 N–H and O–H groups in total. The summed E-state index contributed by atoms with van der Waals surface area (Å²) in [7, 11) is 0. The molecular weight excluding hydrogens is 400 g/mol. The molecule has 6 nitrogen and oxygen atoms in total. The van der Waals surface area contributed by atoms with E-state index < -0.39 is 12.2 Å². The lowest BCUT2D eigenvalue weighted by Crippen LogP contribution is -2.36. The predicted molar refractivity (Wildman–Crippen MR) is 126 cm³/mol. The van der Waals surface area contributed by atoms with Crippen LogP contribution >= 0.6 is 0 Å². The van der Waals surface area contributed by atoms with E-state index in [1.807, 2.05) is 48.5 Å². The Morgan fingerprint density at radius 2 is 2.16 bits per heavy atom. The molecule has 1 amide bonds. The monoisotopic (exact) mass is 429 g/mol. The number of ether oxygens (including phenoxy) is 1. The molecule has 166 valence electrons. The number of rotatable bonds is 7. The van der Waals surface area contributed by atoms with E-state index in [0.717, 1.165) is 34.9 Å². The number of carbonyl (C=O) groups excluding carboxylic acids is 1. The first-order valence-electron chi connectivity index (χ1n) is 11.2. The van der Waals surface area contributed by atoms with Gasteiger partial charge in [0.25, 0.3) is 0 Å². The van der Waals surface area contributed by atoms with Crippen molar-refractivity contribution in [3.05, 3.63) is 90.2 Å². The minimum absolute atomic E-state index is 0.119. The van der Waals surface area contributed by atoms with Crippen molar-refractivity contribution in [3.63, 3.8) is 0 Å². The molecule has 1 fully saturated rings. The molecule has 4 atom stereocenters. The number of para-hydroxylation sites is 1. The standard InChI is InChI=1S/C26H29N4O2/c1-3-19-14-24(29-17-20(19)4-2)25(22-11-13-28-23-10-6-5-9-21(22)23)32-26(31)30-16-18-8-7-12-27-15-18/h4-13,15,19-20,24-25H,2-3,14,16-17H2,1H3,(H,30,31)/q-1/t19-,20-,24+,25-/m0/s1. The molecule has 3 aromatic rings. The molecule has 0 unspecified atom stereocenters. The molecule has 0 aliphatic carbocycles. The van der Waals surface area contributed by atoms with Crippen LogP contribution in [-0.2, 0) is 11.3 Å². The molecule has 6 heteroatoms. The summed E-state index contributed by atoms with van der Waals surface area (Å²) in [5.74, 6) is 0.832.